The van der Waals surface area contributed by atoms with Gasteiger partial charge in [-0.2, -0.15) is 5.10 Å². The molecule has 0 aliphatic heterocycles. The highest BCUT2D eigenvalue weighted by Gasteiger charge is 2.21. The smallest absolute Gasteiger partial charge is 0.323 e. The van der Waals surface area contributed by atoms with Crippen molar-refractivity contribution in [3.05, 3.63) is 60.7 Å². The zero-order valence-electron chi connectivity index (χ0n) is 16.4. The van der Waals surface area contributed by atoms with Gasteiger partial charge in [-0.25, -0.2) is 23.8 Å². The van der Waals surface area contributed by atoms with Crippen LogP contribution in [0.4, 0.5) is 26.4 Å². The number of para-hydroxylation sites is 1. The van der Waals surface area contributed by atoms with Crippen LogP contribution in [0.1, 0.15) is 19.9 Å². The largest absolute Gasteiger partial charge is 0.383 e. The molecule has 0 radical (unpaired) electrons. The second kappa shape index (κ2) is 7.78. The van der Waals surface area contributed by atoms with E-state index in [1.807, 2.05) is 19.9 Å². The molecule has 0 saturated heterocycles. The Morgan fingerprint density at radius 3 is 2.50 bits per heavy atom. The molecule has 2 aromatic heterocycles. The summed E-state index contributed by atoms with van der Waals surface area (Å²) in [6.45, 7) is 3.90. The Labute approximate surface area is 172 Å². The fourth-order valence-electron chi connectivity index (χ4n) is 3.14. The Morgan fingerprint density at radius 2 is 1.80 bits per heavy atom. The van der Waals surface area contributed by atoms with Crippen LogP contribution in [0, 0.1) is 5.82 Å². The van der Waals surface area contributed by atoms with Gasteiger partial charge in [0.15, 0.2) is 5.65 Å². The molecule has 2 amide bonds. The van der Waals surface area contributed by atoms with Gasteiger partial charge in [-0.05, 0) is 44.2 Å². The number of fused-ring (bicyclic) bond motifs is 1. The molecule has 4 N–H and O–H groups in total. The second-order valence-electron chi connectivity index (χ2n) is 6.98. The van der Waals surface area contributed by atoms with Crippen LogP contribution in [0.15, 0.2) is 54.9 Å². The van der Waals surface area contributed by atoms with Crippen LogP contribution in [-0.4, -0.2) is 25.8 Å². The third-order valence-corrected chi connectivity index (χ3v) is 4.52. The molecule has 4 rings (SSSR count). The molecule has 2 heterocycles. The van der Waals surface area contributed by atoms with E-state index in [9.17, 15) is 9.18 Å². The minimum Gasteiger partial charge on any atom is -0.383 e. The number of amides is 2. The zero-order valence-corrected chi connectivity index (χ0v) is 16.4. The van der Waals surface area contributed by atoms with Gasteiger partial charge in [-0.3, -0.25) is 0 Å². The number of nitrogens with one attached hydrogen (secondary N) is 2. The normalized spacial score (nSPS) is 11.1. The average Bonchev–Trinajstić information content (AvgIpc) is 3.10. The number of halogens is 1. The molecule has 152 valence electrons. The molecular weight excluding hydrogens is 385 g/mol. The van der Waals surface area contributed by atoms with Crippen molar-refractivity contribution in [1.82, 2.24) is 19.7 Å². The molecule has 0 aliphatic carbocycles. The highest BCUT2D eigenvalue weighted by Crippen LogP contribution is 2.33. The number of carbonyl (C=O) groups is 1. The Balaban J connectivity index is 1.65. The van der Waals surface area contributed by atoms with E-state index in [1.165, 1.54) is 12.4 Å². The Bertz CT molecular complexity index is 1220. The molecule has 30 heavy (non-hydrogen) atoms. The average molecular weight is 405 g/mol. The lowest BCUT2D eigenvalue weighted by molar-refractivity contribution is 0.262. The molecule has 0 atom stereocenters. The quantitative estimate of drug-likeness (QED) is 0.465. The monoisotopic (exact) mass is 405 g/mol. The Kier molecular flexibility index (Phi) is 5.01. The third-order valence-electron chi connectivity index (χ3n) is 4.52. The maximum Gasteiger partial charge on any atom is 0.323 e. The van der Waals surface area contributed by atoms with Crippen molar-refractivity contribution in [2.75, 3.05) is 16.4 Å². The highest BCUT2D eigenvalue weighted by molar-refractivity contribution is 6.01. The van der Waals surface area contributed by atoms with E-state index < -0.39 is 11.8 Å². The summed E-state index contributed by atoms with van der Waals surface area (Å²) in [5.74, 6) is -0.322. The first-order valence-corrected chi connectivity index (χ1v) is 9.35. The number of carbonyl (C=O) groups excluding carboxylic acids is 1. The summed E-state index contributed by atoms with van der Waals surface area (Å²) < 4.78 is 16.7. The van der Waals surface area contributed by atoms with Gasteiger partial charge in [-0.15, -0.1) is 0 Å². The standard InChI is InChI=1S/C21H20FN7O/c1-12(2)29-20-17(19(23)24-11-25-20)18(28-29)15-9-8-14(10-16(15)22)27-21(30)26-13-6-4-3-5-7-13/h3-12H,1-2H3,(H2,23,24,25)(H2,26,27,30). The van der Waals surface area contributed by atoms with E-state index in [4.69, 9.17) is 5.73 Å². The molecule has 0 spiro atoms. The third kappa shape index (κ3) is 3.64. The van der Waals surface area contributed by atoms with E-state index in [1.54, 1.807) is 41.1 Å². The molecular formula is C21H20FN7O. The fraction of sp³-hybridized carbons (Fsp3) is 0.143. The number of hydrogen-bond donors (Lipinski definition) is 3. The predicted molar refractivity (Wildman–Crippen MR) is 115 cm³/mol. The zero-order chi connectivity index (χ0) is 21.3. The Hall–Kier alpha value is -4.01. The SMILES string of the molecule is CC(C)n1nc(-c2ccc(NC(=O)Nc3ccccc3)cc2F)c2c(N)ncnc21. The van der Waals surface area contributed by atoms with Gasteiger partial charge in [0.05, 0.1) is 5.39 Å². The van der Waals surface area contributed by atoms with Gasteiger partial charge in [0.1, 0.15) is 23.7 Å². The van der Waals surface area contributed by atoms with Crippen LogP contribution in [0.25, 0.3) is 22.3 Å². The maximum atomic E-state index is 15.0. The number of anilines is 3. The van der Waals surface area contributed by atoms with E-state index in [0.717, 1.165) is 0 Å². The van der Waals surface area contributed by atoms with Crippen molar-refractivity contribution in [2.24, 2.45) is 0 Å². The van der Waals surface area contributed by atoms with Crippen molar-refractivity contribution in [3.8, 4) is 11.3 Å². The van der Waals surface area contributed by atoms with Crippen molar-refractivity contribution < 1.29 is 9.18 Å². The highest BCUT2D eigenvalue weighted by atomic mass is 19.1. The molecule has 0 bridgehead atoms. The first kappa shape index (κ1) is 19.3. The fourth-order valence-corrected chi connectivity index (χ4v) is 3.14. The topological polar surface area (TPSA) is 111 Å². The lowest BCUT2D eigenvalue weighted by Crippen LogP contribution is -2.19. The van der Waals surface area contributed by atoms with Crippen LogP contribution in [0.3, 0.4) is 0 Å². The van der Waals surface area contributed by atoms with Gasteiger partial charge in [-0.1, -0.05) is 18.2 Å². The summed E-state index contributed by atoms with van der Waals surface area (Å²) in [6.07, 6.45) is 1.36. The number of rotatable bonds is 4. The number of nitrogens with two attached hydrogens (primary N) is 1. The first-order chi connectivity index (χ1) is 14.4. The summed E-state index contributed by atoms with van der Waals surface area (Å²) >= 11 is 0. The molecule has 0 aliphatic rings. The lowest BCUT2D eigenvalue weighted by Gasteiger charge is -2.09. The first-order valence-electron chi connectivity index (χ1n) is 9.35. The molecule has 0 unspecified atom stereocenters. The van der Waals surface area contributed by atoms with E-state index in [2.05, 4.69) is 25.7 Å². The maximum absolute atomic E-state index is 15.0. The van der Waals surface area contributed by atoms with Crippen molar-refractivity contribution in [2.45, 2.75) is 19.9 Å². The minimum atomic E-state index is -0.550. The number of aromatic nitrogens is 4. The summed E-state index contributed by atoms with van der Waals surface area (Å²) in [6, 6.07) is 12.9. The van der Waals surface area contributed by atoms with E-state index in [-0.39, 0.29) is 17.4 Å². The number of benzene rings is 2. The van der Waals surface area contributed by atoms with E-state index in [0.29, 0.717) is 28.1 Å². The van der Waals surface area contributed by atoms with Crippen molar-refractivity contribution in [3.63, 3.8) is 0 Å². The molecule has 8 nitrogen and oxygen atoms in total. The van der Waals surface area contributed by atoms with Crippen molar-refractivity contribution in [1.29, 1.82) is 0 Å². The molecule has 4 aromatic rings. The summed E-state index contributed by atoms with van der Waals surface area (Å²) in [5.41, 5.74) is 8.11. The van der Waals surface area contributed by atoms with Crippen LogP contribution in [0.2, 0.25) is 0 Å². The van der Waals surface area contributed by atoms with Crippen LogP contribution >= 0.6 is 0 Å². The van der Waals surface area contributed by atoms with Gasteiger partial charge in [0.25, 0.3) is 0 Å². The molecule has 2 aromatic carbocycles. The summed E-state index contributed by atoms with van der Waals surface area (Å²) in [5, 5.41) is 10.3. The molecule has 9 heteroatoms. The lowest BCUT2D eigenvalue weighted by atomic mass is 10.1. The summed E-state index contributed by atoms with van der Waals surface area (Å²) in [7, 11) is 0. The van der Waals surface area contributed by atoms with Gasteiger partial charge in [0.2, 0.25) is 0 Å². The van der Waals surface area contributed by atoms with Crippen LogP contribution in [-0.2, 0) is 0 Å². The second-order valence-corrected chi connectivity index (χ2v) is 6.98. The van der Waals surface area contributed by atoms with E-state index >= 15 is 0 Å². The number of nitrogen functional groups attached to an aromatic ring is 1. The van der Waals surface area contributed by atoms with Gasteiger partial charge in [0, 0.05) is 23.0 Å². The minimum absolute atomic E-state index is 0.00114. The number of urea groups is 1. The number of hydrogen-bond acceptors (Lipinski definition) is 5. The predicted octanol–water partition coefficient (Wildman–Crippen LogP) is 4.44. The van der Waals surface area contributed by atoms with Gasteiger partial charge >= 0.3 is 6.03 Å². The van der Waals surface area contributed by atoms with Crippen molar-refractivity contribution >= 4 is 34.3 Å². The van der Waals surface area contributed by atoms with Crippen LogP contribution < -0.4 is 16.4 Å². The molecule has 0 fully saturated rings. The van der Waals surface area contributed by atoms with Crippen LogP contribution in [0.5, 0.6) is 0 Å². The van der Waals surface area contributed by atoms with Gasteiger partial charge < -0.3 is 16.4 Å². The molecule has 0 saturated carbocycles. The number of nitrogens with zero attached hydrogens (tertiary/aromatic N) is 4. The Morgan fingerprint density at radius 1 is 1.07 bits per heavy atom. The summed E-state index contributed by atoms with van der Waals surface area (Å²) in [4.78, 5) is 20.4.